The Labute approximate surface area is 87.7 Å². The molecule has 74 valence electrons. The van der Waals surface area contributed by atoms with E-state index in [1.165, 1.54) is 6.07 Å². The molecule has 0 aromatic heterocycles. The number of rotatable bonds is 1. The van der Waals surface area contributed by atoms with Crippen molar-refractivity contribution in [2.75, 3.05) is 12.3 Å². The summed E-state index contributed by atoms with van der Waals surface area (Å²) < 4.78 is 0. The molecular formula is C10H11ClN2O. The lowest BCUT2D eigenvalue weighted by molar-refractivity contribution is 0.476. The highest BCUT2D eigenvalue weighted by molar-refractivity contribution is 6.31. The first-order valence-electron chi connectivity index (χ1n) is 4.12. The van der Waals surface area contributed by atoms with Gasteiger partial charge in [0.05, 0.1) is 11.3 Å². The fourth-order valence-corrected chi connectivity index (χ4v) is 1.17. The number of hydrogen-bond acceptors (Lipinski definition) is 3. The van der Waals surface area contributed by atoms with E-state index in [1.54, 1.807) is 6.07 Å². The van der Waals surface area contributed by atoms with Gasteiger partial charge in [-0.15, -0.1) is 0 Å². The summed E-state index contributed by atoms with van der Waals surface area (Å²) in [6.07, 6.45) is 0.575. The van der Waals surface area contributed by atoms with Crippen LogP contribution in [0.25, 0.3) is 0 Å². The zero-order chi connectivity index (χ0) is 10.6. The van der Waals surface area contributed by atoms with E-state index in [0.717, 1.165) is 0 Å². The van der Waals surface area contributed by atoms with Crippen molar-refractivity contribution in [1.29, 1.82) is 0 Å². The first kappa shape index (κ1) is 10.7. The van der Waals surface area contributed by atoms with E-state index in [9.17, 15) is 5.11 Å². The monoisotopic (exact) mass is 210 g/mol. The van der Waals surface area contributed by atoms with E-state index >= 15 is 0 Å². The van der Waals surface area contributed by atoms with Gasteiger partial charge in [0.15, 0.2) is 5.75 Å². The van der Waals surface area contributed by atoms with Gasteiger partial charge in [-0.3, -0.25) is 0 Å². The highest BCUT2D eigenvalue weighted by Gasteiger charge is 2.03. The van der Waals surface area contributed by atoms with Crippen LogP contribution in [0.5, 0.6) is 5.75 Å². The largest absolute Gasteiger partial charge is 0.505 e. The standard InChI is InChI=1S/C10H11ClN2O/c11-8-5-7(3-1-2-4-12)10(14)9(13)6-8/h5-6,14H,2,4,12-13H2. The number of phenols is 1. The highest BCUT2D eigenvalue weighted by Crippen LogP contribution is 2.28. The van der Waals surface area contributed by atoms with Gasteiger partial charge in [0.25, 0.3) is 0 Å². The summed E-state index contributed by atoms with van der Waals surface area (Å²) in [6.45, 7) is 0.490. The summed E-state index contributed by atoms with van der Waals surface area (Å²) in [5.74, 6) is 5.52. The van der Waals surface area contributed by atoms with Gasteiger partial charge in [-0.2, -0.15) is 0 Å². The molecule has 1 rings (SSSR count). The summed E-state index contributed by atoms with van der Waals surface area (Å²) in [7, 11) is 0. The van der Waals surface area contributed by atoms with Crippen molar-refractivity contribution in [3.63, 3.8) is 0 Å². The lowest BCUT2D eigenvalue weighted by Crippen LogP contribution is -1.95. The average Bonchev–Trinajstić information content (AvgIpc) is 2.13. The van der Waals surface area contributed by atoms with Crippen LogP contribution in [0.3, 0.4) is 0 Å². The zero-order valence-electron chi connectivity index (χ0n) is 7.55. The molecule has 3 nitrogen and oxygen atoms in total. The molecule has 0 aliphatic carbocycles. The minimum Gasteiger partial charge on any atom is -0.505 e. The summed E-state index contributed by atoms with van der Waals surface area (Å²) in [5, 5.41) is 9.96. The third-order valence-electron chi connectivity index (χ3n) is 1.60. The third-order valence-corrected chi connectivity index (χ3v) is 1.81. The summed E-state index contributed by atoms with van der Waals surface area (Å²) in [5.41, 5.74) is 11.4. The van der Waals surface area contributed by atoms with Gasteiger partial charge in [0.1, 0.15) is 0 Å². The Balaban J connectivity index is 3.04. The second-order valence-electron chi connectivity index (χ2n) is 2.73. The molecule has 1 aromatic rings. The summed E-state index contributed by atoms with van der Waals surface area (Å²) in [4.78, 5) is 0. The smallest absolute Gasteiger partial charge is 0.154 e. The van der Waals surface area contributed by atoms with Gasteiger partial charge in [-0.1, -0.05) is 23.4 Å². The molecule has 14 heavy (non-hydrogen) atoms. The predicted molar refractivity (Wildman–Crippen MR) is 58.1 cm³/mol. The zero-order valence-corrected chi connectivity index (χ0v) is 8.30. The van der Waals surface area contributed by atoms with Gasteiger partial charge >= 0.3 is 0 Å². The summed E-state index contributed by atoms with van der Waals surface area (Å²) >= 11 is 5.75. The highest BCUT2D eigenvalue weighted by atomic mass is 35.5. The predicted octanol–water partition coefficient (Wildman–Crippen LogP) is 1.33. The topological polar surface area (TPSA) is 72.3 Å². The maximum Gasteiger partial charge on any atom is 0.154 e. The van der Waals surface area contributed by atoms with Gasteiger partial charge in [-0.05, 0) is 12.1 Å². The molecule has 0 fully saturated rings. The third kappa shape index (κ3) is 2.56. The van der Waals surface area contributed by atoms with Crippen LogP contribution in [-0.4, -0.2) is 11.7 Å². The molecule has 0 aliphatic heterocycles. The van der Waals surface area contributed by atoms with Gasteiger partial charge in [0, 0.05) is 18.0 Å². The Kier molecular flexibility index (Phi) is 3.63. The van der Waals surface area contributed by atoms with E-state index < -0.39 is 0 Å². The molecule has 4 heteroatoms. The number of nitrogen functional groups attached to an aromatic ring is 1. The molecule has 0 saturated heterocycles. The quantitative estimate of drug-likeness (QED) is 0.372. The number of hydrogen-bond donors (Lipinski definition) is 3. The van der Waals surface area contributed by atoms with Gasteiger partial charge in [0.2, 0.25) is 0 Å². The minimum atomic E-state index is -0.0288. The summed E-state index contributed by atoms with van der Waals surface area (Å²) in [6, 6.07) is 3.04. The molecule has 0 saturated carbocycles. The molecule has 5 N–H and O–H groups in total. The van der Waals surface area contributed by atoms with Crippen LogP contribution < -0.4 is 11.5 Å². The SMILES string of the molecule is NCCC#Cc1cc(Cl)cc(N)c1O. The lowest BCUT2D eigenvalue weighted by Gasteiger charge is -2.01. The van der Waals surface area contributed by atoms with Crippen LogP contribution in [0.4, 0.5) is 5.69 Å². The second kappa shape index (κ2) is 4.75. The molecule has 0 atom stereocenters. The van der Waals surface area contributed by atoms with E-state index in [-0.39, 0.29) is 11.4 Å². The van der Waals surface area contributed by atoms with Crippen LogP contribution in [0.2, 0.25) is 5.02 Å². The van der Waals surface area contributed by atoms with Crippen molar-refractivity contribution in [1.82, 2.24) is 0 Å². The van der Waals surface area contributed by atoms with Crippen LogP contribution >= 0.6 is 11.6 Å². The van der Waals surface area contributed by atoms with Crippen molar-refractivity contribution in [3.8, 4) is 17.6 Å². The van der Waals surface area contributed by atoms with Crippen LogP contribution in [0, 0.1) is 11.8 Å². The van der Waals surface area contributed by atoms with Crippen molar-refractivity contribution < 1.29 is 5.11 Å². The van der Waals surface area contributed by atoms with E-state index in [0.29, 0.717) is 23.6 Å². The molecule has 0 spiro atoms. The Bertz CT molecular complexity index is 393. The molecule has 1 aromatic carbocycles. The lowest BCUT2D eigenvalue weighted by atomic mass is 10.1. The molecule has 0 radical (unpaired) electrons. The molecule has 0 aliphatic rings. The number of halogens is 1. The second-order valence-corrected chi connectivity index (χ2v) is 3.17. The van der Waals surface area contributed by atoms with Crippen LogP contribution in [0.15, 0.2) is 12.1 Å². The van der Waals surface area contributed by atoms with Crippen molar-refractivity contribution in [2.24, 2.45) is 5.73 Å². The molecule has 0 unspecified atom stereocenters. The number of anilines is 1. The molecular weight excluding hydrogens is 200 g/mol. The van der Waals surface area contributed by atoms with Crippen molar-refractivity contribution in [2.45, 2.75) is 6.42 Å². The van der Waals surface area contributed by atoms with E-state index in [4.69, 9.17) is 23.1 Å². The molecule has 0 bridgehead atoms. The fraction of sp³-hybridized carbons (Fsp3) is 0.200. The Morgan fingerprint density at radius 2 is 2.14 bits per heavy atom. The first-order chi connectivity index (χ1) is 6.65. The number of benzene rings is 1. The van der Waals surface area contributed by atoms with E-state index in [1.807, 2.05) is 0 Å². The molecule has 0 heterocycles. The fourth-order valence-electron chi connectivity index (χ4n) is 0.946. The average molecular weight is 211 g/mol. The Morgan fingerprint density at radius 1 is 1.43 bits per heavy atom. The Morgan fingerprint density at radius 3 is 2.79 bits per heavy atom. The normalized spacial score (nSPS) is 9.29. The maximum absolute atomic E-state index is 9.50. The van der Waals surface area contributed by atoms with Crippen LogP contribution in [0.1, 0.15) is 12.0 Å². The van der Waals surface area contributed by atoms with E-state index in [2.05, 4.69) is 11.8 Å². The number of phenolic OH excluding ortho intramolecular Hbond substituents is 1. The first-order valence-corrected chi connectivity index (χ1v) is 4.50. The maximum atomic E-state index is 9.50. The van der Waals surface area contributed by atoms with Gasteiger partial charge < -0.3 is 16.6 Å². The van der Waals surface area contributed by atoms with Crippen molar-refractivity contribution >= 4 is 17.3 Å². The Hall–Kier alpha value is -1.37. The van der Waals surface area contributed by atoms with Crippen LogP contribution in [-0.2, 0) is 0 Å². The van der Waals surface area contributed by atoms with Crippen molar-refractivity contribution in [3.05, 3.63) is 22.7 Å². The number of nitrogens with two attached hydrogens (primary N) is 2. The number of aromatic hydroxyl groups is 1. The molecule has 0 amide bonds. The van der Waals surface area contributed by atoms with Gasteiger partial charge in [-0.25, -0.2) is 0 Å². The minimum absolute atomic E-state index is 0.0288.